The molecule has 2 nitrogen and oxygen atoms in total. The van der Waals surface area contributed by atoms with Gasteiger partial charge >= 0.3 is 5.97 Å². The summed E-state index contributed by atoms with van der Waals surface area (Å²) in [4.78, 5) is 11.3. The highest BCUT2D eigenvalue weighted by molar-refractivity contribution is 5.69. The Bertz CT molecular complexity index is 426. The summed E-state index contributed by atoms with van der Waals surface area (Å²) in [6.07, 6.45) is 4.07. The molecule has 0 amide bonds. The van der Waals surface area contributed by atoms with Crippen molar-refractivity contribution >= 4 is 12.0 Å². The molecule has 0 spiro atoms. The van der Waals surface area contributed by atoms with Gasteiger partial charge in [0.2, 0.25) is 0 Å². The molecule has 0 fully saturated rings. The second-order valence-corrected chi connectivity index (χ2v) is 4.07. The Balaban J connectivity index is 2.60. The third kappa shape index (κ3) is 5.51. The van der Waals surface area contributed by atoms with E-state index in [0.717, 1.165) is 24.0 Å². The molecule has 0 aliphatic heterocycles. The molecule has 0 bridgehead atoms. The Kier molecular flexibility index (Phi) is 6.60. The molecule has 0 aliphatic rings. The van der Waals surface area contributed by atoms with Gasteiger partial charge < -0.3 is 4.74 Å². The minimum atomic E-state index is -0.134. The van der Waals surface area contributed by atoms with Crippen LogP contribution in [0.3, 0.4) is 0 Å². The quantitative estimate of drug-likeness (QED) is 0.559. The molecule has 1 rings (SSSR count). The average Bonchev–Trinajstić information content (AvgIpc) is 2.40. The van der Waals surface area contributed by atoms with E-state index < -0.39 is 0 Å². The Morgan fingerprint density at radius 2 is 2.00 bits per heavy atom. The summed E-state index contributed by atoms with van der Waals surface area (Å²) in [6.45, 7) is 4.35. The molecule has 0 radical (unpaired) electrons. The van der Waals surface area contributed by atoms with E-state index in [1.165, 1.54) is 0 Å². The number of ether oxygens (including phenoxy) is 1. The summed E-state index contributed by atoms with van der Waals surface area (Å²) in [6, 6.07) is 9.99. The van der Waals surface area contributed by atoms with Gasteiger partial charge in [-0.1, -0.05) is 44.2 Å². The molecular formula is C16H20O2. The van der Waals surface area contributed by atoms with Crippen molar-refractivity contribution in [2.45, 2.75) is 33.1 Å². The van der Waals surface area contributed by atoms with Crippen molar-refractivity contribution in [3.05, 3.63) is 47.2 Å². The van der Waals surface area contributed by atoms with Crippen LogP contribution < -0.4 is 0 Å². The first-order valence-electron chi connectivity index (χ1n) is 6.41. The molecule has 0 heterocycles. The van der Waals surface area contributed by atoms with Crippen molar-refractivity contribution in [3.63, 3.8) is 0 Å². The van der Waals surface area contributed by atoms with Crippen LogP contribution in [0.5, 0.6) is 0 Å². The molecule has 2 heteroatoms. The molecule has 0 atom stereocenters. The lowest BCUT2D eigenvalue weighted by Crippen LogP contribution is -2.06. The van der Waals surface area contributed by atoms with Crippen LogP contribution in [0.15, 0.2) is 41.6 Å². The van der Waals surface area contributed by atoms with Gasteiger partial charge in [-0.05, 0) is 24.5 Å². The summed E-state index contributed by atoms with van der Waals surface area (Å²) < 4.78 is 5.17. The number of carbonyl (C=O) groups is 1. The molecule has 0 saturated carbocycles. The van der Waals surface area contributed by atoms with Crippen LogP contribution in [0.2, 0.25) is 0 Å². The highest BCUT2D eigenvalue weighted by atomic mass is 16.5. The highest BCUT2D eigenvalue weighted by Crippen LogP contribution is 2.05. The predicted molar refractivity (Wildman–Crippen MR) is 74.1 cm³/mol. The minimum absolute atomic E-state index is 0.134. The molecule has 96 valence electrons. The van der Waals surface area contributed by atoms with Gasteiger partial charge in [0.15, 0.2) is 0 Å². The van der Waals surface area contributed by atoms with Crippen molar-refractivity contribution in [2.75, 3.05) is 6.61 Å². The number of hydrogen-bond acceptors (Lipinski definition) is 2. The van der Waals surface area contributed by atoms with E-state index in [4.69, 9.17) is 4.74 Å². The number of hydrogen-bond donors (Lipinski definition) is 0. The maximum Gasteiger partial charge on any atom is 0.306 e. The standard InChI is InChI=1S/C16H20O2/c1-3-8-16(17)18-13-14(4-2)11-12-15-9-6-5-7-10-15/h5-7,9-10,12H,3-4,8,13H2,1-2H3. The summed E-state index contributed by atoms with van der Waals surface area (Å²) in [5, 5.41) is 0. The maximum atomic E-state index is 11.3. The zero-order valence-corrected chi connectivity index (χ0v) is 11.1. The van der Waals surface area contributed by atoms with Gasteiger partial charge in [0, 0.05) is 12.0 Å². The minimum Gasteiger partial charge on any atom is -0.460 e. The van der Waals surface area contributed by atoms with E-state index in [0.29, 0.717) is 13.0 Å². The predicted octanol–water partition coefficient (Wildman–Crippen LogP) is 3.98. The van der Waals surface area contributed by atoms with Gasteiger partial charge in [-0.25, -0.2) is 0 Å². The van der Waals surface area contributed by atoms with E-state index in [2.05, 4.69) is 5.73 Å². The van der Waals surface area contributed by atoms with E-state index in [-0.39, 0.29) is 5.97 Å². The Morgan fingerprint density at radius 1 is 1.28 bits per heavy atom. The van der Waals surface area contributed by atoms with Crippen molar-refractivity contribution in [1.29, 1.82) is 0 Å². The van der Waals surface area contributed by atoms with Gasteiger partial charge in [-0.15, -0.1) is 5.73 Å². The van der Waals surface area contributed by atoms with E-state index in [9.17, 15) is 4.79 Å². The molecule has 0 unspecified atom stereocenters. The summed E-state index contributed by atoms with van der Waals surface area (Å²) in [5.41, 5.74) is 5.30. The van der Waals surface area contributed by atoms with Crippen molar-refractivity contribution < 1.29 is 9.53 Å². The van der Waals surface area contributed by atoms with Crippen LogP contribution >= 0.6 is 0 Å². The number of carbonyl (C=O) groups excluding carboxylic acids is 1. The van der Waals surface area contributed by atoms with Gasteiger partial charge in [0.25, 0.3) is 0 Å². The molecule has 0 aromatic heterocycles. The van der Waals surface area contributed by atoms with Gasteiger partial charge in [0.1, 0.15) is 6.61 Å². The second-order valence-electron chi connectivity index (χ2n) is 4.07. The topological polar surface area (TPSA) is 26.3 Å². The summed E-state index contributed by atoms with van der Waals surface area (Å²) in [5.74, 6) is -0.134. The summed E-state index contributed by atoms with van der Waals surface area (Å²) in [7, 11) is 0. The molecule has 0 N–H and O–H groups in total. The first-order chi connectivity index (χ1) is 8.76. The molecular weight excluding hydrogens is 224 g/mol. The molecule has 1 aromatic rings. The molecule has 1 aromatic carbocycles. The monoisotopic (exact) mass is 244 g/mol. The van der Waals surface area contributed by atoms with Crippen molar-refractivity contribution in [1.82, 2.24) is 0 Å². The molecule has 0 aliphatic carbocycles. The van der Waals surface area contributed by atoms with E-state index in [1.807, 2.05) is 50.3 Å². The third-order valence-electron chi connectivity index (χ3n) is 2.53. The fraction of sp³-hybridized carbons (Fsp3) is 0.375. The second kappa shape index (κ2) is 8.32. The average molecular weight is 244 g/mol. The maximum absolute atomic E-state index is 11.3. The Labute approximate surface area is 109 Å². The fourth-order valence-electron chi connectivity index (χ4n) is 1.42. The summed E-state index contributed by atoms with van der Waals surface area (Å²) >= 11 is 0. The third-order valence-corrected chi connectivity index (χ3v) is 2.53. The first-order valence-corrected chi connectivity index (χ1v) is 6.41. The Morgan fingerprint density at radius 3 is 2.61 bits per heavy atom. The van der Waals surface area contributed by atoms with Crippen molar-refractivity contribution in [3.8, 4) is 0 Å². The van der Waals surface area contributed by atoms with Crippen LogP contribution in [0.25, 0.3) is 6.08 Å². The van der Waals surface area contributed by atoms with Crippen LogP contribution in [-0.2, 0) is 9.53 Å². The zero-order chi connectivity index (χ0) is 13.2. The van der Waals surface area contributed by atoms with Crippen LogP contribution in [0.4, 0.5) is 0 Å². The SMILES string of the molecule is CCCC(=O)OCC(=C=Cc1ccccc1)CC. The largest absolute Gasteiger partial charge is 0.460 e. The molecule has 18 heavy (non-hydrogen) atoms. The smallest absolute Gasteiger partial charge is 0.306 e. The lowest BCUT2D eigenvalue weighted by molar-refractivity contribution is -0.142. The van der Waals surface area contributed by atoms with E-state index in [1.54, 1.807) is 0 Å². The van der Waals surface area contributed by atoms with Crippen molar-refractivity contribution in [2.24, 2.45) is 0 Å². The van der Waals surface area contributed by atoms with Crippen LogP contribution in [0.1, 0.15) is 38.7 Å². The normalized spacial score (nSPS) is 9.44. The van der Waals surface area contributed by atoms with E-state index >= 15 is 0 Å². The fourth-order valence-corrected chi connectivity index (χ4v) is 1.42. The zero-order valence-electron chi connectivity index (χ0n) is 11.1. The first kappa shape index (κ1) is 14.3. The molecule has 0 saturated heterocycles. The van der Waals surface area contributed by atoms with Gasteiger partial charge in [0.05, 0.1) is 0 Å². The lowest BCUT2D eigenvalue weighted by Gasteiger charge is -2.04. The van der Waals surface area contributed by atoms with Crippen LogP contribution in [0, 0.1) is 0 Å². The van der Waals surface area contributed by atoms with Crippen LogP contribution in [-0.4, -0.2) is 12.6 Å². The van der Waals surface area contributed by atoms with Gasteiger partial charge in [-0.3, -0.25) is 4.79 Å². The number of benzene rings is 1. The number of rotatable bonds is 6. The lowest BCUT2D eigenvalue weighted by atomic mass is 10.2. The van der Waals surface area contributed by atoms with Gasteiger partial charge in [-0.2, -0.15) is 0 Å². The Hall–Kier alpha value is -1.79. The highest BCUT2D eigenvalue weighted by Gasteiger charge is 2.01. The number of esters is 1.